The predicted octanol–water partition coefficient (Wildman–Crippen LogP) is 3.87. The van der Waals surface area contributed by atoms with Crippen LogP contribution in [-0.4, -0.2) is 57.3 Å². The van der Waals surface area contributed by atoms with Gasteiger partial charge in [0.15, 0.2) is 0 Å². The lowest BCUT2D eigenvalue weighted by molar-refractivity contribution is -0.912. The molecule has 2 nitrogen and oxygen atoms in total. The van der Waals surface area contributed by atoms with Crippen molar-refractivity contribution in [1.29, 1.82) is 0 Å². The summed E-state index contributed by atoms with van der Waals surface area (Å²) in [7, 11) is 11.5. The Kier molecular flexibility index (Phi) is 6.42. The average Bonchev–Trinajstić information content (AvgIpc) is 2.36. The molecular weight excluding hydrogens is 256 g/mol. The van der Waals surface area contributed by atoms with Crippen LogP contribution in [0.1, 0.15) is 43.7 Å². The smallest absolute Gasteiger partial charge is 0.104 e. The molecule has 1 rings (SSSR count). The van der Waals surface area contributed by atoms with E-state index < -0.39 is 0 Å². The van der Waals surface area contributed by atoms with Gasteiger partial charge in [-0.2, -0.15) is 0 Å². The summed E-state index contributed by atoms with van der Waals surface area (Å²) in [5.74, 6) is 0.672. The number of benzene rings is 1. The Morgan fingerprint density at radius 1 is 0.905 bits per heavy atom. The SMILES string of the molecule is CCC(C)c1ccc(C[N+](C)(C)CCC[N+](C)(C)C)cc1. The zero-order valence-corrected chi connectivity index (χ0v) is 15.3. The molecule has 0 radical (unpaired) electrons. The van der Waals surface area contributed by atoms with Crippen molar-refractivity contribution >= 4 is 0 Å². The van der Waals surface area contributed by atoms with E-state index in [1.54, 1.807) is 0 Å². The quantitative estimate of drug-likeness (QED) is 0.638. The fourth-order valence-electron chi connectivity index (χ4n) is 2.73. The zero-order chi connectivity index (χ0) is 16.1. The standard InChI is InChI=1S/C19H36N2/c1-8-17(2)19-12-10-18(11-13-19)16-21(6,7)15-9-14-20(3,4)5/h10-13,17H,8-9,14-16H2,1-7H3/q+2. The Bertz CT molecular complexity index is 412. The van der Waals surface area contributed by atoms with Crippen LogP contribution in [0.25, 0.3) is 0 Å². The van der Waals surface area contributed by atoms with E-state index in [2.05, 4.69) is 73.4 Å². The number of hydrogen-bond acceptors (Lipinski definition) is 0. The topological polar surface area (TPSA) is 0 Å². The minimum Gasteiger partial charge on any atom is -0.331 e. The van der Waals surface area contributed by atoms with Gasteiger partial charge >= 0.3 is 0 Å². The van der Waals surface area contributed by atoms with Crippen molar-refractivity contribution in [2.75, 3.05) is 48.3 Å². The molecule has 2 heteroatoms. The van der Waals surface area contributed by atoms with E-state index in [4.69, 9.17) is 0 Å². The Labute approximate surface area is 132 Å². The molecule has 21 heavy (non-hydrogen) atoms. The van der Waals surface area contributed by atoms with Crippen molar-refractivity contribution in [3.63, 3.8) is 0 Å². The average molecular weight is 293 g/mol. The van der Waals surface area contributed by atoms with Crippen LogP contribution in [0, 0.1) is 0 Å². The Balaban J connectivity index is 2.54. The van der Waals surface area contributed by atoms with Gasteiger partial charge in [-0.15, -0.1) is 0 Å². The largest absolute Gasteiger partial charge is 0.331 e. The molecule has 0 saturated carbocycles. The van der Waals surface area contributed by atoms with E-state index in [0.717, 1.165) is 15.5 Å². The first-order valence-electron chi connectivity index (χ1n) is 8.34. The molecular formula is C19H36N2+2. The monoisotopic (exact) mass is 292 g/mol. The van der Waals surface area contributed by atoms with E-state index >= 15 is 0 Å². The summed E-state index contributed by atoms with van der Waals surface area (Å²) >= 11 is 0. The summed E-state index contributed by atoms with van der Waals surface area (Å²) in [4.78, 5) is 0. The minimum atomic E-state index is 0.672. The first kappa shape index (κ1) is 18.2. The predicted molar refractivity (Wildman–Crippen MR) is 93.3 cm³/mol. The van der Waals surface area contributed by atoms with E-state index in [9.17, 15) is 0 Å². The van der Waals surface area contributed by atoms with E-state index in [1.165, 1.54) is 37.1 Å². The van der Waals surface area contributed by atoms with Crippen molar-refractivity contribution < 1.29 is 8.97 Å². The molecule has 0 aliphatic carbocycles. The van der Waals surface area contributed by atoms with Crippen LogP contribution in [0.2, 0.25) is 0 Å². The number of quaternary nitrogens is 2. The molecule has 0 heterocycles. The van der Waals surface area contributed by atoms with Gasteiger partial charge in [0.25, 0.3) is 0 Å². The van der Waals surface area contributed by atoms with E-state index in [-0.39, 0.29) is 0 Å². The molecule has 1 unspecified atom stereocenters. The van der Waals surface area contributed by atoms with Gasteiger partial charge in [-0.05, 0) is 17.9 Å². The van der Waals surface area contributed by atoms with Crippen LogP contribution < -0.4 is 0 Å². The molecule has 0 spiro atoms. The van der Waals surface area contributed by atoms with Crippen LogP contribution in [0.3, 0.4) is 0 Å². The molecule has 120 valence electrons. The van der Waals surface area contributed by atoms with Gasteiger partial charge in [-0.25, -0.2) is 0 Å². The highest BCUT2D eigenvalue weighted by atomic mass is 15.3. The number of rotatable bonds is 8. The highest BCUT2D eigenvalue weighted by Gasteiger charge is 2.18. The zero-order valence-electron chi connectivity index (χ0n) is 15.3. The van der Waals surface area contributed by atoms with Gasteiger partial charge < -0.3 is 8.97 Å². The van der Waals surface area contributed by atoms with Gasteiger partial charge in [0.05, 0.1) is 48.3 Å². The molecule has 0 amide bonds. The first-order valence-corrected chi connectivity index (χ1v) is 8.34. The third kappa shape index (κ3) is 7.10. The number of hydrogen-bond donors (Lipinski definition) is 0. The highest BCUT2D eigenvalue weighted by molar-refractivity contribution is 5.24. The summed E-state index contributed by atoms with van der Waals surface area (Å²) in [6.45, 7) is 8.17. The summed E-state index contributed by atoms with van der Waals surface area (Å²) in [6, 6.07) is 9.27. The summed E-state index contributed by atoms with van der Waals surface area (Å²) < 4.78 is 2.13. The van der Waals surface area contributed by atoms with Gasteiger partial charge in [0, 0.05) is 12.0 Å². The molecule has 0 aliphatic heterocycles. The van der Waals surface area contributed by atoms with Crippen molar-refractivity contribution in [1.82, 2.24) is 0 Å². The van der Waals surface area contributed by atoms with Crippen molar-refractivity contribution in [2.24, 2.45) is 0 Å². The maximum atomic E-state index is 2.35. The highest BCUT2D eigenvalue weighted by Crippen LogP contribution is 2.20. The Morgan fingerprint density at radius 2 is 1.48 bits per heavy atom. The van der Waals surface area contributed by atoms with Crippen molar-refractivity contribution in [3.05, 3.63) is 35.4 Å². The summed E-state index contributed by atoms with van der Waals surface area (Å²) in [5, 5.41) is 0. The van der Waals surface area contributed by atoms with E-state index in [0.29, 0.717) is 5.92 Å². The van der Waals surface area contributed by atoms with Gasteiger partial charge in [-0.1, -0.05) is 38.1 Å². The molecule has 0 fully saturated rings. The normalized spacial score (nSPS) is 14.2. The molecule has 0 aromatic heterocycles. The Morgan fingerprint density at radius 3 is 1.95 bits per heavy atom. The summed E-state index contributed by atoms with van der Waals surface area (Å²) in [6.07, 6.45) is 2.49. The number of nitrogens with zero attached hydrogens (tertiary/aromatic N) is 2. The van der Waals surface area contributed by atoms with E-state index in [1.807, 2.05) is 0 Å². The lowest BCUT2D eigenvalue weighted by Gasteiger charge is -2.32. The van der Waals surface area contributed by atoms with Crippen LogP contribution in [0.4, 0.5) is 0 Å². The minimum absolute atomic E-state index is 0.672. The molecule has 1 aromatic carbocycles. The van der Waals surface area contributed by atoms with Crippen LogP contribution in [0.5, 0.6) is 0 Å². The second-order valence-electron chi connectivity index (χ2n) is 8.24. The van der Waals surface area contributed by atoms with Crippen LogP contribution in [-0.2, 0) is 6.54 Å². The van der Waals surface area contributed by atoms with Crippen LogP contribution in [0.15, 0.2) is 24.3 Å². The van der Waals surface area contributed by atoms with Crippen molar-refractivity contribution in [2.45, 2.75) is 39.2 Å². The molecule has 1 atom stereocenters. The third-order valence-corrected chi connectivity index (χ3v) is 4.36. The molecule has 0 saturated heterocycles. The lowest BCUT2D eigenvalue weighted by Crippen LogP contribution is -2.43. The maximum absolute atomic E-state index is 2.35. The van der Waals surface area contributed by atoms with Gasteiger partial charge in [0.2, 0.25) is 0 Å². The van der Waals surface area contributed by atoms with Crippen LogP contribution >= 0.6 is 0 Å². The molecule has 0 aliphatic rings. The maximum Gasteiger partial charge on any atom is 0.104 e. The fraction of sp³-hybridized carbons (Fsp3) is 0.684. The van der Waals surface area contributed by atoms with Gasteiger partial charge in [-0.3, -0.25) is 0 Å². The first-order chi connectivity index (χ1) is 9.63. The second kappa shape index (κ2) is 7.42. The molecule has 0 bridgehead atoms. The lowest BCUT2D eigenvalue weighted by atomic mass is 9.97. The second-order valence-corrected chi connectivity index (χ2v) is 8.24. The third-order valence-electron chi connectivity index (χ3n) is 4.36. The van der Waals surface area contributed by atoms with Gasteiger partial charge in [0.1, 0.15) is 6.54 Å². The fourth-order valence-corrected chi connectivity index (χ4v) is 2.73. The molecule has 0 N–H and O–H groups in total. The molecule has 1 aromatic rings. The summed E-state index contributed by atoms with van der Waals surface area (Å²) in [5.41, 5.74) is 2.92. The Hall–Kier alpha value is -0.860. The van der Waals surface area contributed by atoms with Crippen molar-refractivity contribution in [3.8, 4) is 0 Å².